The van der Waals surface area contributed by atoms with Gasteiger partial charge in [0.05, 0.1) is 6.42 Å². The molecular formula is C9H18N2O3S. The van der Waals surface area contributed by atoms with Gasteiger partial charge in [-0.2, -0.15) is 11.8 Å². The number of carboxylic acids is 1. The highest BCUT2D eigenvalue weighted by molar-refractivity contribution is 7.98. The van der Waals surface area contributed by atoms with Crippen molar-refractivity contribution in [3.05, 3.63) is 0 Å². The van der Waals surface area contributed by atoms with E-state index < -0.39 is 5.97 Å². The molecular weight excluding hydrogens is 216 g/mol. The Hall–Kier alpha value is -0.910. The molecule has 0 unspecified atom stereocenters. The van der Waals surface area contributed by atoms with E-state index in [1.807, 2.05) is 6.26 Å². The summed E-state index contributed by atoms with van der Waals surface area (Å²) in [7, 11) is 3.33. The maximum absolute atomic E-state index is 11.6. The van der Waals surface area contributed by atoms with Gasteiger partial charge in [0.15, 0.2) is 0 Å². The van der Waals surface area contributed by atoms with Crippen molar-refractivity contribution in [2.75, 3.05) is 39.2 Å². The molecule has 0 aliphatic heterocycles. The predicted octanol–water partition coefficient (Wildman–Crippen LogP) is 0.808. The van der Waals surface area contributed by atoms with Crippen LogP contribution < -0.4 is 0 Å². The zero-order valence-corrected chi connectivity index (χ0v) is 10.2. The van der Waals surface area contributed by atoms with Crippen molar-refractivity contribution >= 4 is 23.8 Å². The second kappa shape index (κ2) is 7.39. The van der Waals surface area contributed by atoms with Gasteiger partial charge in [0.25, 0.3) is 0 Å². The number of urea groups is 1. The van der Waals surface area contributed by atoms with Gasteiger partial charge < -0.3 is 14.9 Å². The summed E-state index contributed by atoms with van der Waals surface area (Å²) in [4.78, 5) is 24.9. The van der Waals surface area contributed by atoms with Gasteiger partial charge in [-0.15, -0.1) is 0 Å². The summed E-state index contributed by atoms with van der Waals surface area (Å²) >= 11 is 1.67. The maximum Gasteiger partial charge on any atom is 0.319 e. The van der Waals surface area contributed by atoms with Gasteiger partial charge in [-0.3, -0.25) is 4.79 Å². The third-order valence-electron chi connectivity index (χ3n) is 1.94. The highest BCUT2D eigenvalue weighted by atomic mass is 32.2. The topological polar surface area (TPSA) is 60.9 Å². The van der Waals surface area contributed by atoms with Gasteiger partial charge in [0.1, 0.15) is 0 Å². The lowest BCUT2D eigenvalue weighted by molar-refractivity contribution is -0.137. The molecule has 0 saturated carbocycles. The molecule has 15 heavy (non-hydrogen) atoms. The van der Waals surface area contributed by atoms with Crippen LogP contribution in [0.3, 0.4) is 0 Å². The Balaban J connectivity index is 3.90. The van der Waals surface area contributed by atoms with E-state index in [0.29, 0.717) is 6.54 Å². The number of hydrogen-bond acceptors (Lipinski definition) is 3. The van der Waals surface area contributed by atoms with Crippen molar-refractivity contribution < 1.29 is 14.7 Å². The molecule has 2 amide bonds. The minimum Gasteiger partial charge on any atom is -0.481 e. The van der Waals surface area contributed by atoms with E-state index in [0.717, 1.165) is 5.75 Å². The number of aliphatic carboxylic acids is 1. The van der Waals surface area contributed by atoms with Crippen LogP contribution in [-0.4, -0.2) is 66.1 Å². The van der Waals surface area contributed by atoms with Crippen LogP contribution in [0, 0.1) is 0 Å². The van der Waals surface area contributed by atoms with Crippen molar-refractivity contribution in [2.45, 2.75) is 6.42 Å². The zero-order valence-electron chi connectivity index (χ0n) is 9.39. The van der Waals surface area contributed by atoms with Crippen molar-refractivity contribution in [1.82, 2.24) is 9.80 Å². The molecule has 0 bridgehead atoms. The van der Waals surface area contributed by atoms with Crippen LogP contribution in [0.25, 0.3) is 0 Å². The third-order valence-corrected chi connectivity index (χ3v) is 2.54. The Bertz CT molecular complexity index is 223. The molecule has 88 valence electrons. The molecule has 0 aromatic carbocycles. The van der Waals surface area contributed by atoms with Crippen molar-refractivity contribution in [1.29, 1.82) is 0 Å². The molecule has 0 radical (unpaired) electrons. The number of carboxylic acid groups (broad SMARTS) is 1. The van der Waals surface area contributed by atoms with E-state index in [1.54, 1.807) is 30.8 Å². The maximum atomic E-state index is 11.6. The van der Waals surface area contributed by atoms with Gasteiger partial charge in [-0.05, 0) is 6.26 Å². The van der Waals surface area contributed by atoms with Crippen LogP contribution in [0.2, 0.25) is 0 Å². The number of rotatable bonds is 6. The van der Waals surface area contributed by atoms with E-state index >= 15 is 0 Å². The lowest BCUT2D eigenvalue weighted by Gasteiger charge is -2.24. The van der Waals surface area contributed by atoms with Crippen LogP contribution in [0.1, 0.15) is 6.42 Å². The molecule has 0 aromatic rings. The fourth-order valence-corrected chi connectivity index (χ4v) is 1.43. The fraction of sp³-hybridized carbons (Fsp3) is 0.778. The number of hydrogen-bond donors (Lipinski definition) is 1. The first-order chi connectivity index (χ1) is 6.99. The van der Waals surface area contributed by atoms with Crippen molar-refractivity contribution in [3.8, 4) is 0 Å². The normalized spacial score (nSPS) is 9.80. The standard InChI is InChI=1S/C9H18N2O3S/c1-10(5-4-8(12)13)9(14)11(2)6-7-15-3/h4-7H2,1-3H3,(H,12,13). The van der Waals surface area contributed by atoms with Crippen molar-refractivity contribution in [2.24, 2.45) is 0 Å². The molecule has 0 heterocycles. The number of carbonyl (C=O) groups is 2. The van der Waals surface area contributed by atoms with E-state index in [9.17, 15) is 9.59 Å². The Morgan fingerprint density at radius 3 is 2.20 bits per heavy atom. The summed E-state index contributed by atoms with van der Waals surface area (Å²) in [6, 6.07) is -0.134. The summed E-state index contributed by atoms with van der Waals surface area (Å²) in [5.41, 5.74) is 0. The molecule has 5 nitrogen and oxygen atoms in total. The summed E-state index contributed by atoms with van der Waals surface area (Å²) in [6.45, 7) is 0.926. The van der Waals surface area contributed by atoms with Crippen LogP contribution in [0.4, 0.5) is 4.79 Å². The summed E-state index contributed by atoms with van der Waals surface area (Å²) in [5.74, 6) is -0.00364. The van der Waals surface area contributed by atoms with Crippen molar-refractivity contribution in [3.63, 3.8) is 0 Å². The molecule has 6 heteroatoms. The molecule has 0 aliphatic carbocycles. The molecule has 0 aliphatic rings. The van der Waals surface area contributed by atoms with Crippen LogP contribution in [-0.2, 0) is 4.79 Å². The first kappa shape index (κ1) is 14.1. The first-order valence-corrected chi connectivity index (χ1v) is 6.05. The van der Waals surface area contributed by atoms with Crippen LogP contribution in [0.5, 0.6) is 0 Å². The molecule has 0 rings (SSSR count). The second-order valence-electron chi connectivity index (χ2n) is 3.26. The van der Waals surface area contributed by atoms with E-state index in [2.05, 4.69) is 0 Å². The lowest BCUT2D eigenvalue weighted by Crippen LogP contribution is -2.40. The predicted molar refractivity (Wildman–Crippen MR) is 61.3 cm³/mol. The Morgan fingerprint density at radius 2 is 1.73 bits per heavy atom. The lowest BCUT2D eigenvalue weighted by atomic mass is 10.4. The summed E-state index contributed by atoms with van der Waals surface area (Å²) in [5, 5.41) is 8.47. The van der Waals surface area contributed by atoms with Crippen LogP contribution >= 0.6 is 11.8 Å². The average Bonchev–Trinajstić information content (AvgIpc) is 2.21. The number of thioether (sulfide) groups is 1. The highest BCUT2D eigenvalue weighted by Gasteiger charge is 2.14. The third kappa shape index (κ3) is 6.22. The van der Waals surface area contributed by atoms with Gasteiger partial charge in [0, 0.05) is 32.9 Å². The Kier molecular flexibility index (Phi) is 6.94. The van der Waals surface area contributed by atoms with E-state index in [4.69, 9.17) is 5.11 Å². The Labute approximate surface area is 94.4 Å². The van der Waals surface area contributed by atoms with E-state index in [1.165, 1.54) is 4.90 Å². The van der Waals surface area contributed by atoms with E-state index in [-0.39, 0.29) is 19.0 Å². The number of amides is 2. The Morgan fingerprint density at radius 1 is 1.20 bits per heavy atom. The summed E-state index contributed by atoms with van der Waals surface area (Å²) < 4.78 is 0. The molecule has 0 atom stereocenters. The van der Waals surface area contributed by atoms with Crippen LogP contribution in [0.15, 0.2) is 0 Å². The highest BCUT2D eigenvalue weighted by Crippen LogP contribution is 1.98. The first-order valence-electron chi connectivity index (χ1n) is 4.66. The summed E-state index contributed by atoms with van der Waals surface area (Å²) in [6.07, 6.45) is 1.96. The largest absolute Gasteiger partial charge is 0.481 e. The molecule has 0 spiro atoms. The van der Waals surface area contributed by atoms with Gasteiger partial charge >= 0.3 is 12.0 Å². The molecule has 1 N–H and O–H groups in total. The van der Waals surface area contributed by atoms with Gasteiger partial charge in [0.2, 0.25) is 0 Å². The second-order valence-corrected chi connectivity index (χ2v) is 4.25. The molecule has 0 saturated heterocycles. The average molecular weight is 234 g/mol. The SMILES string of the molecule is CSCCN(C)C(=O)N(C)CCC(=O)O. The minimum absolute atomic E-state index is 0.0153. The van der Waals surface area contributed by atoms with Gasteiger partial charge in [-0.1, -0.05) is 0 Å². The zero-order chi connectivity index (χ0) is 11.8. The molecule has 0 aromatic heterocycles. The number of nitrogens with zero attached hydrogens (tertiary/aromatic N) is 2. The number of carbonyl (C=O) groups excluding carboxylic acids is 1. The quantitative estimate of drug-likeness (QED) is 0.738. The monoisotopic (exact) mass is 234 g/mol. The molecule has 0 fully saturated rings. The smallest absolute Gasteiger partial charge is 0.319 e. The fourth-order valence-electron chi connectivity index (χ4n) is 0.974. The minimum atomic E-state index is -0.888. The van der Waals surface area contributed by atoms with Gasteiger partial charge in [-0.25, -0.2) is 4.79 Å².